The zero-order valence-electron chi connectivity index (χ0n) is 13.6. The minimum Gasteiger partial charge on any atom is -0.369 e. The SMILES string of the molecule is CCC(=O)N1CCCC(N2CCN(c3ccccc3)CC2)C1. The summed E-state index contributed by atoms with van der Waals surface area (Å²) in [6.07, 6.45) is 3.02. The molecule has 2 saturated heterocycles. The maximum absolute atomic E-state index is 11.9. The zero-order chi connectivity index (χ0) is 15.4. The molecule has 0 radical (unpaired) electrons. The van der Waals surface area contributed by atoms with Gasteiger partial charge in [0.25, 0.3) is 0 Å². The Hall–Kier alpha value is -1.55. The second-order valence-electron chi connectivity index (χ2n) is 6.35. The van der Waals surface area contributed by atoms with Crippen molar-refractivity contribution in [3.8, 4) is 0 Å². The summed E-state index contributed by atoms with van der Waals surface area (Å²) >= 11 is 0. The van der Waals surface area contributed by atoms with Crippen LogP contribution in [-0.4, -0.2) is 61.0 Å². The summed E-state index contributed by atoms with van der Waals surface area (Å²) in [5, 5.41) is 0. The van der Waals surface area contributed by atoms with Gasteiger partial charge in [0.15, 0.2) is 0 Å². The van der Waals surface area contributed by atoms with Gasteiger partial charge in [-0.25, -0.2) is 0 Å². The van der Waals surface area contributed by atoms with Gasteiger partial charge in [-0.3, -0.25) is 9.69 Å². The van der Waals surface area contributed by atoms with E-state index in [0.717, 1.165) is 45.7 Å². The number of hydrogen-bond donors (Lipinski definition) is 0. The summed E-state index contributed by atoms with van der Waals surface area (Å²) in [4.78, 5) is 19.1. The molecule has 0 aliphatic carbocycles. The smallest absolute Gasteiger partial charge is 0.222 e. The Morgan fingerprint density at radius 3 is 2.50 bits per heavy atom. The molecular weight excluding hydrogens is 274 g/mol. The van der Waals surface area contributed by atoms with Gasteiger partial charge in [-0.15, -0.1) is 0 Å². The lowest BCUT2D eigenvalue weighted by molar-refractivity contribution is -0.133. The highest BCUT2D eigenvalue weighted by atomic mass is 16.2. The summed E-state index contributed by atoms with van der Waals surface area (Å²) in [5.74, 6) is 0.313. The number of nitrogens with zero attached hydrogens (tertiary/aromatic N) is 3. The number of para-hydroxylation sites is 1. The van der Waals surface area contributed by atoms with Crippen LogP contribution in [0.2, 0.25) is 0 Å². The fraction of sp³-hybridized carbons (Fsp3) is 0.611. The van der Waals surface area contributed by atoms with Crippen LogP contribution < -0.4 is 4.90 Å². The number of anilines is 1. The number of benzene rings is 1. The fourth-order valence-corrected chi connectivity index (χ4v) is 3.69. The number of amides is 1. The quantitative estimate of drug-likeness (QED) is 0.856. The third-order valence-corrected chi connectivity index (χ3v) is 5.00. The monoisotopic (exact) mass is 301 g/mol. The number of hydrogen-bond acceptors (Lipinski definition) is 3. The maximum atomic E-state index is 11.9. The summed E-state index contributed by atoms with van der Waals surface area (Å²) in [7, 11) is 0. The lowest BCUT2D eigenvalue weighted by Gasteiger charge is -2.44. The largest absolute Gasteiger partial charge is 0.369 e. The van der Waals surface area contributed by atoms with E-state index in [4.69, 9.17) is 0 Å². The van der Waals surface area contributed by atoms with E-state index in [2.05, 4.69) is 45.0 Å². The van der Waals surface area contributed by atoms with Crippen LogP contribution >= 0.6 is 0 Å². The highest BCUT2D eigenvalue weighted by Gasteiger charge is 2.29. The molecular formula is C18H27N3O. The van der Waals surface area contributed by atoms with Gasteiger partial charge in [0, 0.05) is 57.4 Å². The van der Waals surface area contributed by atoms with Crippen LogP contribution in [0.15, 0.2) is 30.3 Å². The molecule has 2 aliphatic heterocycles. The van der Waals surface area contributed by atoms with Crippen molar-refractivity contribution < 1.29 is 4.79 Å². The molecule has 0 N–H and O–H groups in total. The van der Waals surface area contributed by atoms with E-state index in [-0.39, 0.29) is 0 Å². The minimum absolute atomic E-state index is 0.313. The van der Waals surface area contributed by atoms with E-state index in [1.54, 1.807) is 0 Å². The average molecular weight is 301 g/mol. The fourth-order valence-electron chi connectivity index (χ4n) is 3.69. The number of rotatable bonds is 3. The zero-order valence-corrected chi connectivity index (χ0v) is 13.6. The van der Waals surface area contributed by atoms with E-state index < -0.39 is 0 Å². The van der Waals surface area contributed by atoms with Crippen molar-refractivity contribution in [2.45, 2.75) is 32.2 Å². The van der Waals surface area contributed by atoms with Gasteiger partial charge in [0.1, 0.15) is 0 Å². The van der Waals surface area contributed by atoms with Crippen molar-refractivity contribution >= 4 is 11.6 Å². The van der Waals surface area contributed by atoms with Crippen LogP contribution in [0.1, 0.15) is 26.2 Å². The highest BCUT2D eigenvalue weighted by Crippen LogP contribution is 2.21. The summed E-state index contributed by atoms with van der Waals surface area (Å²) in [6, 6.07) is 11.2. The molecule has 0 bridgehead atoms. The first kappa shape index (κ1) is 15.3. The molecule has 1 unspecified atom stereocenters. The molecule has 0 saturated carbocycles. The second-order valence-corrected chi connectivity index (χ2v) is 6.35. The van der Waals surface area contributed by atoms with E-state index in [0.29, 0.717) is 18.4 Å². The summed E-state index contributed by atoms with van der Waals surface area (Å²) in [6.45, 7) is 8.22. The van der Waals surface area contributed by atoms with Gasteiger partial charge in [0.05, 0.1) is 0 Å². The minimum atomic E-state index is 0.313. The van der Waals surface area contributed by atoms with Gasteiger partial charge < -0.3 is 9.80 Å². The van der Waals surface area contributed by atoms with E-state index in [9.17, 15) is 4.79 Å². The summed E-state index contributed by atoms with van der Waals surface area (Å²) in [5.41, 5.74) is 1.33. The maximum Gasteiger partial charge on any atom is 0.222 e. The summed E-state index contributed by atoms with van der Waals surface area (Å²) < 4.78 is 0. The Labute approximate surface area is 133 Å². The number of carbonyl (C=O) groups excluding carboxylic acids is 1. The van der Waals surface area contributed by atoms with Gasteiger partial charge in [0.2, 0.25) is 5.91 Å². The highest BCUT2D eigenvalue weighted by molar-refractivity contribution is 5.75. The molecule has 1 aromatic carbocycles. The predicted molar refractivity (Wildman–Crippen MR) is 90.1 cm³/mol. The first-order valence-electron chi connectivity index (χ1n) is 8.59. The predicted octanol–water partition coefficient (Wildman–Crippen LogP) is 2.21. The second kappa shape index (κ2) is 7.14. The normalized spacial score (nSPS) is 23.6. The lowest BCUT2D eigenvalue weighted by atomic mass is 10.0. The molecule has 3 rings (SSSR count). The first-order chi connectivity index (χ1) is 10.8. The van der Waals surface area contributed by atoms with Crippen LogP contribution in [0.25, 0.3) is 0 Å². The molecule has 2 aliphatic rings. The van der Waals surface area contributed by atoms with Crippen LogP contribution in [0.3, 0.4) is 0 Å². The molecule has 120 valence electrons. The number of piperazine rings is 1. The molecule has 0 aromatic heterocycles. The van der Waals surface area contributed by atoms with Gasteiger partial charge >= 0.3 is 0 Å². The molecule has 1 atom stereocenters. The Morgan fingerprint density at radius 2 is 1.82 bits per heavy atom. The van der Waals surface area contributed by atoms with E-state index >= 15 is 0 Å². The van der Waals surface area contributed by atoms with Crippen molar-refractivity contribution in [3.05, 3.63) is 30.3 Å². The van der Waals surface area contributed by atoms with Crippen molar-refractivity contribution in [3.63, 3.8) is 0 Å². The molecule has 4 heteroatoms. The average Bonchev–Trinajstić information content (AvgIpc) is 2.62. The Morgan fingerprint density at radius 1 is 1.09 bits per heavy atom. The Bertz CT molecular complexity index is 482. The van der Waals surface area contributed by atoms with Gasteiger partial charge in [-0.1, -0.05) is 25.1 Å². The molecule has 0 spiro atoms. The van der Waals surface area contributed by atoms with Crippen molar-refractivity contribution in [2.75, 3.05) is 44.2 Å². The molecule has 1 aromatic rings. The van der Waals surface area contributed by atoms with E-state index in [1.807, 2.05) is 6.92 Å². The van der Waals surface area contributed by atoms with Crippen LogP contribution in [0.5, 0.6) is 0 Å². The van der Waals surface area contributed by atoms with Crippen LogP contribution in [0, 0.1) is 0 Å². The van der Waals surface area contributed by atoms with E-state index in [1.165, 1.54) is 12.1 Å². The van der Waals surface area contributed by atoms with Crippen molar-refractivity contribution in [1.29, 1.82) is 0 Å². The Balaban J connectivity index is 1.54. The molecule has 2 heterocycles. The van der Waals surface area contributed by atoms with Crippen LogP contribution in [-0.2, 0) is 4.79 Å². The van der Waals surface area contributed by atoms with Gasteiger partial charge in [-0.2, -0.15) is 0 Å². The third kappa shape index (κ3) is 3.43. The van der Waals surface area contributed by atoms with Crippen molar-refractivity contribution in [1.82, 2.24) is 9.80 Å². The first-order valence-corrected chi connectivity index (χ1v) is 8.59. The lowest BCUT2D eigenvalue weighted by Crippen LogP contribution is -2.55. The topological polar surface area (TPSA) is 26.8 Å². The molecule has 1 amide bonds. The Kier molecular flexibility index (Phi) is 4.98. The number of carbonyl (C=O) groups is 1. The van der Waals surface area contributed by atoms with Crippen molar-refractivity contribution in [2.24, 2.45) is 0 Å². The molecule has 4 nitrogen and oxygen atoms in total. The number of piperidine rings is 1. The standard InChI is InChI=1S/C18H27N3O/c1-2-18(22)21-10-6-9-17(15-21)20-13-11-19(12-14-20)16-7-4-3-5-8-16/h3-5,7-8,17H,2,6,9-15H2,1H3. The van der Waals surface area contributed by atoms with Crippen LogP contribution in [0.4, 0.5) is 5.69 Å². The molecule has 22 heavy (non-hydrogen) atoms. The number of likely N-dealkylation sites (tertiary alicyclic amines) is 1. The third-order valence-electron chi connectivity index (χ3n) is 5.00. The molecule has 2 fully saturated rings. The van der Waals surface area contributed by atoms with Gasteiger partial charge in [-0.05, 0) is 25.0 Å².